The van der Waals surface area contributed by atoms with E-state index < -0.39 is 0 Å². The number of carbonyl (C=O) groups is 1. The van der Waals surface area contributed by atoms with Gasteiger partial charge in [0.1, 0.15) is 0 Å². The predicted octanol–water partition coefficient (Wildman–Crippen LogP) is 4.16. The van der Waals surface area contributed by atoms with E-state index in [9.17, 15) is 4.79 Å². The fourth-order valence-corrected chi connectivity index (χ4v) is 3.72. The smallest absolute Gasteiger partial charge is 0.315 e. The van der Waals surface area contributed by atoms with Crippen LogP contribution in [0.15, 0.2) is 58.2 Å². The second kappa shape index (κ2) is 8.04. The molecular formula is C19H16ClN5O2S. The van der Waals surface area contributed by atoms with Crippen molar-refractivity contribution in [3.63, 3.8) is 0 Å². The van der Waals surface area contributed by atoms with Crippen LogP contribution in [-0.2, 0) is 11.3 Å². The number of benzene rings is 2. The molecule has 0 aliphatic rings. The maximum absolute atomic E-state index is 12.2. The maximum Gasteiger partial charge on any atom is 0.328 e. The molecule has 28 heavy (non-hydrogen) atoms. The van der Waals surface area contributed by atoms with E-state index in [2.05, 4.69) is 37.1 Å². The summed E-state index contributed by atoms with van der Waals surface area (Å²) in [6.45, 7) is 2.33. The van der Waals surface area contributed by atoms with E-state index in [1.165, 1.54) is 11.8 Å². The van der Waals surface area contributed by atoms with Crippen molar-refractivity contribution in [3.8, 4) is 0 Å². The maximum atomic E-state index is 12.2. The number of fused-ring (bicyclic) bond motifs is 1. The van der Waals surface area contributed by atoms with Gasteiger partial charge in [-0.05, 0) is 30.7 Å². The molecule has 0 bridgehead atoms. The lowest BCUT2D eigenvalue weighted by molar-refractivity contribution is -0.114. The molecule has 0 fully saturated rings. The molecule has 4 aromatic rings. The highest BCUT2D eigenvalue weighted by molar-refractivity contribution is 7.99. The number of hydrogen-bond acceptors (Lipinski definition) is 6. The molecule has 1 amide bonds. The van der Waals surface area contributed by atoms with Gasteiger partial charge in [0.25, 0.3) is 0 Å². The van der Waals surface area contributed by atoms with Crippen LogP contribution in [0, 0.1) is 6.92 Å². The first-order chi connectivity index (χ1) is 13.6. The molecule has 142 valence electrons. The number of nitrogens with zero attached hydrogens (tertiary/aromatic N) is 4. The minimum absolute atomic E-state index is 0.0904. The van der Waals surface area contributed by atoms with Crippen LogP contribution in [-0.4, -0.2) is 31.4 Å². The van der Waals surface area contributed by atoms with Crippen molar-refractivity contribution in [3.05, 3.63) is 64.9 Å². The van der Waals surface area contributed by atoms with Gasteiger partial charge in [-0.25, -0.2) is 4.98 Å². The molecule has 2 heterocycles. The topological polar surface area (TPSA) is 85.8 Å². The van der Waals surface area contributed by atoms with Crippen molar-refractivity contribution < 1.29 is 9.32 Å². The minimum atomic E-state index is -0.245. The lowest BCUT2D eigenvalue weighted by atomic mass is 10.2. The highest BCUT2D eigenvalue weighted by Crippen LogP contribution is 2.27. The van der Waals surface area contributed by atoms with Gasteiger partial charge in [0.05, 0.1) is 23.3 Å². The first-order valence-electron chi connectivity index (χ1n) is 8.51. The third kappa shape index (κ3) is 4.18. The van der Waals surface area contributed by atoms with Gasteiger partial charge in [0, 0.05) is 5.02 Å². The lowest BCUT2D eigenvalue weighted by Gasteiger charge is -2.09. The largest absolute Gasteiger partial charge is 0.328 e. The Morgan fingerprint density at radius 3 is 2.79 bits per heavy atom. The van der Waals surface area contributed by atoms with Crippen molar-refractivity contribution in [2.24, 2.45) is 0 Å². The zero-order valence-electron chi connectivity index (χ0n) is 14.9. The van der Waals surface area contributed by atoms with Crippen molar-refractivity contribution in [1.82, 2.24) is 19.7 Å². The molecule has 2 aromatic carbocycles. The van der Waals surface area contributed by atoms with Gasteiger partial charge in [0.15, 0.2) is 11.0 Å². The quantitative estimate of drug-likeness (QED) is 0.477. The minimum Gasteiger partial charge on any atom is -0.315 e. The zero-order valence-corrected chi connectivity index (χ0v) is 16.5. The number of rotatable bonds is 6. The number of aryl methyl sites for hydroxylation is 1. The van der Waals surface area contributed by atoms with Crippen LogP contribution >= 0.6 is 23.4 Å². The van der Waals surface area contributed by atoms with Gasteiger partial charge in [-0.3, -0.25) is 10.1 Å². The number of imidazole rings is 1. The molecule has 0 spiro atoms. The standard InChI is InChI=1S/C19H16ClN5O2S/c1-12-21-18(27-24-12)23-17(26)11-28-19-22-15-9-14(20)7-8-16(15)25(19)10-13-5-3-2-4-6-13/h2-9H,10-11H2,1H3,(H,21,23,24,26). The summed E-state index contributed by atoms with van der Waals surface area (Å²) in [5.41, 5.74) is 2.90. The van der Waals surface area contributed by atoms with Crippen molar-refractivity contribution in [1.29, 1.82) is 0 Å². The van der Waals surface area contributed by atoms with E-state index in [1.54, 1.807) is 6.92 Å². The average molecular weight is 414 g/mol. The van der Waals surface area contributed by atoms with Crippen LogP contribution in [0.3, 0.4) is 0 Å². The Labute approximate surface area is 170 Å². The lowest BCUT2D eigenvalue weighted by Crippen LogP contribution is -2.15. The summed E-state index contributed by atoms with van der Waals surface area (Å²) in [4.78, 5) is 20.8. The van der Waals surface area contributed by atoms with Gasteiger partial charge in [-0.1, -0.05) is 58.9 Å². The number of nitrogens with one attached hydrogen (secondary N) is 1. The highest BCUT2D eigenvalue weighted by Gasteiger charge is 2.15. The van der Waals surface area contributed by atoms with Crippen LogP contribution in [0.4, 0.5) is 6.01 Å². The molecule has 4 rings (SSSR count). The molecule has 0 aliphatic heterocycles. The molecule has 7 nitrogen and oxygen atoms in total. The summed E-state index contributed by atoms with van der Waals surface area (Å²) in [7, 11) is 0. The van der Waals surface area contributed by atoms with Crippen LogP contribution < -0.4 is 5.32 Å². The van der Waals surface area contributed by atoms with E-state index in [0.717, 1.165) is 21.8 Å². The van der Waals surface area contributed by atoms with Crippen LogP contribution in [0.1, 0.15) is 11.4 Å². The summed E-state index contributed by atoms with van der Waals surface area (Å²) in [6.07, 6.45) is 0. The van der Waals surface area contributed by atoms with Crippen molar-refractivity contribution in [2.75, 3.05) is 11.1 Å². The molecule has 2 aromatic heterocycles. The number of thioether (sulfide) groups is 1. The molecular weight excluding hydrogens is 398 g/mol. The SMILES string of the molecule is Cc1noc(NC(=O)CSc2nc3cc(Cl)ccc3n2Cc2ccccc2)n1. The second-order valence-electron chi connectivity index (χ2n) is 6.08. The molecule has 0 saturated heterocycles. The normalized spacial score (nSPS) is 11.1. The number of amides is 1. The summed E-state index contributed by atoms with van der Waals surface area (Å²) < 4.78 is 6.99. The van der Waals surface area contributed by atoms with Gasteiger partial charge in [-0.15, -0.1) is 0 Å². The molecule has 0 saturated carbocycles. The van der Waals surface area contributed by atoms with Gasteiger partial charge >= 0.3 is 6.01 Å². The number of carbonyl (C=O) groups excluding carboxylic acids is 1. The number of anilines is 1. The Bertz CT molecular complexity index is 1130. The third-order valence-electron chi connectivity index (χ3n) is 3.97. The van der Waals surface area contributed by atoms with Crippen molar-refractivity contribution in [2.45, 2.75) is 18.6 Å². The monoisotopic (exact) mass is 413 g/mol. The predicted molar refractivity (Wildman–Crippen MR) is 109 cm³/mol. The Balaban J connectivity index is 1.56. The molecule has 0 aliphatic carbocycles. The van der Waals surface area contributed by atoms with Crippen LogP contribution in [0.25, 0.3) is 11.0 Å². The molecule has 0 atom stereocenters. The Morgan fingerprint density at radius 1 is 1.21 bits per heavy atom. The Hall–Kier alpha value is -2.84. The van der Waals surface area contributed by atoms with Gasteiger partial charge in [0.2, 0.25) is 5.91 Å². The molecule has 1 N–H and O–H groups in total. The highest BCUT2D eigenvalue weighted by atomic mass is 35.5. The first-order valence-corrected chi connectivity index (χ1v) is 9.87. The van der Waals surface area contributed by atoms with Crippen molar-refractivity contribution >= 4 is 46.3 Å². The number of halogens is 1. The summed E-state index contributed by atoms with van der Waals surface area (Å²) in [5, 5.41) is 7.59. The van der Waals surface area contributed by atoms with E-state index >= 15 is 0 Å². The summed E-state index contributed by atoms with van der Waals surface area (Å²) >= 11 is 7.46. The average Bonchev–Trinajstić information content (AvgIpc) is 3.24. The fraction of sp³-hybridized carbons (Fsp3) is 0.158. The van der Waals surface area contributed by atoms with E-state index in [1.807, 2.05) is 36.4 Å². The first kappa shape index (κ1) is 18.5. The third-order valence-corrected chi connectivity index (χ3v) is 5.18. The van der Waals surface area contributed by atoms with Crippen LogP contribution in [0.5, 0.6) is 0 Å². The Kier molecular flexibility index (Phi) is 5.31. The van der Waals surface area contributed by atoms with E-state index in [0.29, 0.717) is 17.4 Å². The molecule has 0 unspecified atom stereocenters. The van der Waals surface area contributed by atoms with Gasteiger partial charge < -0.3 is 9.09 Å². The number of aromatic nitrogens is 4. The Morgan fingerprint density at radius 2 is 2.04 bits per heavy atom. The van der Waals surface area contributed by atoms with E-state index in [4.69, 9.17) is 16.1 Å². The molecule has 0 radical (unpaired) electrons. The zero-order chi connectivity index (χ0) is 19.5. The van der Waals surface area contributed by atoms with E-state index in [-0.39, 0.29) is 17.7 Å². The molecule has 9 heteroatoms. The fourth-order valence-electron chi connectivity index (χ4n) is 2.74. The summed E-state index contributed by atoms with van der Waals surface area (Å²) in [6, 6.07) is 15.8. The van der Waals surface area contributed by atoms with Crippen LogP contribution in [0.2, 0.25) is 5.02 Å². The number of hydrogen-bond donors (Lipinski definition) is 1. The second-order valence-corrected chi connectivity index (χ2v) is 7.46. The summed E-state index contributed by atoms with van der Waals surface area (Å²) in [5.74, 6) is 0.377. The van der Waals surface area contributed by atoms with Gasteiger partial charge in [-0.2, -0.15) is 4.98 Å².